The summed E-state index contributed by atoms with van der Waals surface area (Å²) >= 11 is 6.72. The second-order valence-corrected chi connectivity index (χ2v) is 15.2. The summed E-state index contributed by atoms with van der Waals surface area (Å²) in [6, 6.07) is 3.49. The van der Waals surface area contributed by atoms with Crippen molar-refractivity contribution in [2.45, 2.75) is 108 Å². The van der Waals surface area contributed by atoms with Crippen molar-refractivity contribution in [1.29, 1.82) is 0 Å². The third kappa shape index (κ3) is 10.1. The number of imide groups is 1. The van der Waals surface area contributed by atoms with E-state index in [1.807, 2.05) is 13.0 Å². The number of amides is 4. The van der Waals surface area contributed by atoms with E-state index in [-0.39, 0.29) is 30.7 Å². The molecule has 5 rings (SSSR count). The van der Waals surface area contributed by atoms with Gasteiger partial charge in [-0.15, -0.1) is 5.06 Å². The van der Waals surface area contributed by atoms with Gasteiger partial charge in [-0.25, -0.2) is 9.59 Å². The molecule has 7 atom stereocenters. The Morgan fingerprint density at radius 1 is 1.02 bits per heavy atom. The first kappa shape index (κ1) is 44.1. The van der Waals surface area contributed by atoms with Crippen molar-refractivity contribution in [3.05, 3.63) is 46.5 Å². The van der Waals surface area contributed by atoms with Gasteiger partial charge < -0.3 is 43.3 Å². The molecule has 4 heterocycles. The Morgan fingerprint density at radius 3 is 2.38 bits per heavy atom. The van der Waals surface area contributed by atoms with Gasteiger partial charge in [-0.2, -0.15) is 0 Å². The molecule has 18 nitrogen and oxygen atoms in total. The molecule has 19 heteroatoms. The first-order valence-electron chi connectivity index (χ1n) is 18.7. The van der Waals surface area contributed by atoms with E-state index in [1.54, 1.807) is 38.1 Å². The molecule has 316 valence electrons. The van der Waals surface area contributed by atoms with Crippen molar-refractivity contribution in [3.63, 3.8) is 0 Å². The minimum absolute atomic E-state index is 0.0820. The summed E-state index contributed by atoms with van der Waals surface area (Å²) in [4.78, 5) is 93.9. The summed E-state index contributed by atoms with van der Waals surface area (Å²) in [7, 11) is 4.37. The summed E-state index contributed by atoms with van der Waals surface area (Å²) in [6.45, 7) is 4.83. The fourth-order valence-electron chi connectivity index (χ4n) is 7.15. The highest BCUT2D eigenvalue weighted by Crippen LogP contribution is 2.49. The third-order valence-corrected chi connectivity index (χ3v) is 10.9. The Labute approximate surface area is 339 Å². The van der Waals surface area contributed by atoms with Crippen LogP contribution in [0.4, 0.5) is 10.5 Å². The Kier molecular flexibility index (Phi) is 13.9. The van der Waals surface area contributed by atoms with Crippen molar-refractivity contribution in [2.24, 2.45) is 5.92 Å². The first-order chi connectivity index (χ1) is 27.4. The predicted octanol–water partition coefficient (Wildman–Crippen LogP) is 2.99. The van der Waals surface area contributed by atoms with Gasteiger partial charge in [-0.1, -0.05) is 42.3 Å². The van der Waals surface area contributed by atoms with Gasteiger partial charge in [0, 0.05) is 39.3 Å². The molecule has 3 fully saturated rings. The van der Waals surface area contributed by atoms with E-state index >= 15 is 0 Å². The lowest BCUT2D eigenvalue weighted by Gasteiger charge is -2.42. The quantitative estimate of drug-likeness (QED) is 0.150. The normalized spacial score (nSPS) is 30.3. The van der Waals surface area contributed by atoms with Crippen LogP contribution < -0.4 is 15.0 Å². The molecule has 0 radical (unpaired) electrons. The van der Waals surface area contributed by atoms with E-state index in [1.165, 1.54) is 26.2 Å². The number of aliphatic hydroxyl groups is 1. The van der Waals surface area contributed by atoms with Crippen LogP contribution >= 0.6 is 11.6 Å². The average molecular weight is 834 g/mol. The number of alkyl carbamates (subject to hydrolysis) is 1. The van der Waals surface area contributed by atoms with Crippen LogP contribution in [0, 0.1) is 5.92 Å². The Hall–Kier alpha value is -5.04. The molecule has 0 spiro atoms. The minimum Gasteiger partial charge on any atom is -0.495 e. The van der Waals surface area contributed by atoms with Gasteiger partial charge in [0.15, 0.2) is 5.72 Å². The van der Waals surface area contributed by atoms with E-state index in [2.05, 4.69) is 5.32 Å². The van der Waals surface area contributed by atoms with Gasteiger partial charge in [0.05, 0.1) is 44.6 Å². The molecule has 0 aromatic heterocycles. The van der Waals surface area contributed by atoms with Crippen molar-refractivity contribution in [1.82, 2.24) is 10.4 Å². The van der Waals surface area contributed by atoms with Crippen molar-refractivity contribution in [3.8, 4) is 5.75 Å². The Morgan fingerprint density at radius 2 is 1.71 bits per heavy atom. The molecule has 0 saturated carbocycles. The van der Waals surface area contributed by atoms with Gasteiger partial charge in [0.25, 0.3) is 11.8 Å². The largest absolute Gasteiger partial charge is 0.495 e. The van der Waals surface area contributed by atoms with Crippen LogP contribution in [-0.2, 0) is 63.7 Å². The molecule has 0 aliphatic carbocycles. The highest BCUT2D eigenvalue weighted by Gasteiger charge is 2.64. The zero-order valence-corrected chi connectivity index (χ0v) is 33.8. The number of halogens is 1. The van der Waals surface area contributed by atoms with Gasteiger partial charge in [-0.05, 0) is 38.0 Å². The number of hydrogen-bond acceptors (Lipinski definition) is 15. The molecular formula is C39H48ClN3O15. The standard InChI is InChI=1S/C39H48ClN3O15/c1-21-8-7-9-27(53-6)39(51)20-26(55-37(50)41-39)22(2)36-38(3,57-36)28(19-31(46)42(4)24-17-23(16-21)18-25(52-5)35(24)40)56-33(48)14-15-54-32(47)12-13-34(49)58-43-29(44)10-11-30(43)45/h7-9,17-18,22,26-28,36,51H,10-16,19-20H2,1-6H3,(H,41,50)/b9-7+,21-8+. The first-order valence-corrected chi connectivity index (χ1v) is 19.1. The van der Waals surface area contributed by atoms with Crippen LogP contribution in [0.1, 0.15) is 71.3 Å². The number of carbonyl (C=O) groups excluding carboxylic acids is 7. The highest BCUT2D eigenvalue weighted by atomic mass is 35.5. The Balaban J connectivity index is 1.34. The molecule has 3 saturated heterocycles. The van der Waals surface area contributed by atoms with E-state index < -0.39 is 109 Å². The molecule has 7 unspecified atom stereocenters. The van der Waals surface area contributed by atoms with Crippen molar-refractivity contribution in [2.75, 3.05) is 32.8 Å². The third-order valence-electron chi connectivity index (χ3n) is 10.5. The fraction of sp³-hybridized carbons (Fsp3) is 0.564. The smallest absolute Gasteiger partial charge is 0.409 e. The molecule has 4 aliphatic rings. The number of benzene rings is 1. The second kappa shape index (κ2) is 18.3. The Bertz CT molecular complexity index is 1870. The molecule has 4 bridgehead atoms. The number of nitrogens with zero attached hydrogens (tertiary/aromatic N) is 2. The maximum Gasteiger partial charge on any atom is 0.409 e. The van der Waals surface area contributed by atoms with E-state index in [0.717, 1.165) is 11.1 Å². The molecule has 1 aromatic carbocycles. The molecule has 1 aromatic rings. The number of hydroxylamine groups is 2. The number of nitrogens with one attached hydrogen (secondary N) is 1. The molecule has 4 amide bonds. The fourth-order valence-corrected chi connectivity index (χ4v) is 7.47. The van der Waals surface area contributed by atoms with Crippen LogP contribution in [-0.4, -0.2) is 116 Å². The average Bonchev–Trinajstić information content (AvgIpc) is 3.77. The van der Waals surface area contributed by atoms with Gasteiger partial charge in [-0.3, -0.25) is 29.3 Å². The monoisotopic (exact) mass is 833 g/mol. The van der Waals surface area contributed by atoms with Crippen LogP contribution in [0.25, 0.3) is 0 Å². The lowest BCUT2D eigenvalue weighted by Crippen LogP contribution is -2.63. The number of carbonyl (C=O) groups is 7. The number of esters is 2. The number of rotatable bonds is 10. The van der Waals surface area contributed by atoms with Crippen molar-refractivity contribution >= 4 is 59.0 Å². The van der Waals surface area contributed by atoms with E-state index in [9.17, 15) is 38.7 Å². The number of anilines is 1. The molecular weight excluding hydrogens is 786 g/mol. The van der Waals surface area contributed by atoms with Gasteiger partial charge in [0.2, 0.25) is 5.91 Å². The lowest BCUT2D eigenvalue weighted by atomic mass is 9.83. The van der Waals surface area contributed by atoms with Gasteiger partial charge >= 0.3 is 24.0 Å². The zero-order valence-electron chi connectivity index (χ0n) is 33.1. The molecule has 58 heavy (non-hydrogen) atoms. The van der Waals surface area contributed by atoms with Crippen LogP contribution in [0.2, 0.25) is 5.02 Å². The van der Waals surface area contributed by atoms with Crippen LogP contribution in [0.3, 0.4) is 0 Å². The summed E-state index contributed by atoms with van der Waals surface area (Å²) in [5.74, 6) is -4.79. The second-order valence-electron chi connectivity index (χ2n) is 14.8. The summed E-state index contributed by atoms with van der Waals surface area (Å²) < 4.78 is 33.9. The number of allylic oxidation sites excluding steroid dienone is 3. The lowest BCUT2D eigenvalue weighted by molar-refractivity contribution is -0.197. The SMILES string of the molecule is COc1cc2cc(c1Cl)N(C)C(=O)CC(OC(=O)CCOC(=O)CCC(=O)ON1C(=O)CCC1=O)C1(C)OC1C(C)C1CC(O)(NC(=O)O1)C(OC)/C=C/C=C(\C)C2. The molecule has 2 N–H and O–H groups in total. The summed E-state index contributed by atoms with van der Waals surface area (Å²) in [5.41, 5.74) is -1.18. The van der Waals surface area contributed by atoms with Gasteiger partial charge in [0.1, 0.15) is 41.3 Å². The minimum atomic E-state index is -1.87. The van der Waals surface area contributed by atoms with Crippen LogP contribution in [0.15, 0.2) is 35.9 Å². The van der Waals surface area contributed by atoms with E-state index in [0.29, 0.717) is 22.9 Å². The topological polar surface area (TPSA) is 226 Å². The number of epoxide rings is 1. The molecule has 4 aliphatic heterocycles. The summed E-state index contributed by atoms with van der Waals surface area (Å²) in [5, 5.41) is 14.7. The number of fused-ring (bicyclic) bond motifs is 5. The number of ether oxygens (including phenoxy) is 6. The number of methoxy groups -OCH3 is 2. The maximum absolute atomic E-state index is 14.0. The van der Waals surface area contributed by atoms with Crippen LogP contribution in [0.5, 0.6) is 5.75 Å². The number of hydrogen-bond donors (Lipinski definition) is 2. The van der Waals surface area contributed by atoms with E-state index in [4.69, 9.17) is 44.9 Å². The zero-order chi connectivity index (χ0) is 42.5. The maximum atomic E-state index is 14.0. The highest BCUT2D eigenvalue weighted by molar-refractivity contribution is 6.35. The summed E-state index contributed by atoms with van der Waals surface area (Å²) in [6.07, 6.45) is -1.18. The van der Waals surface area contributed by atoms with Crippen molar-refractivity contribution < 1.29 is 71.9 Å². The predicted molar refractivity (Wildman–Crippen MR) is 201 cm³/mol.